The van der Waals surface area contributed by atoms with Crippen molar-refractivity contribution >= 4 is 16.8 Å². The lowest BCUT2D eigenvalue weighted by atomic mass is 10.0. The van der Waals surface area contributed by atoms with Gasteiger partial charge in [0.05, 0.1) is 10.9 Å². The lowest BCUT2D eigenvalue weighted by Crippen LogP contribution is -2.10. The number of benzene rings is 1. The molecule has 0 radical (unpaired) electrons. The Labute approximate surface area is 142 Å². The van der Waals surface area contributed by atoms with Crippen LogP contribution in [0, 0.1) is 13.8 Å². The predicted molar refractivity (Wildman–Crippen MR) is 90.2 cm³/mol. The van der Waals surface area contributed by atoms with E-state index >= 15 is 0 Å². The second-order valence-corrected chi connectivity index (χ2v) is 5.88. The highest BCUT2D eigenvalue weighted by atomic mass is 19.3. The summed E-state index contributed by atoms with van der Waals surface area (Å²) in [5.41, 5.74) is 0.847. The number of nitrogens with zero attached hydrogens (tertiary/aromatic N) is 1. The van der Waals surface area contributed by atoms with E-state index in [1.807, 2.05) is 0 Å². The van der Waals surface area contributed by atoms with E-state index in [-0.39, 0.29) is 44.8 Å². The van der Waals surface area contributed by atoms with Crippen molar-refractivity contribution in [3.8, 4) is 11.5 Å². The van der Waals surface area contributed by atoms with Crippen molar-refractivity contribution in [1.29, 1.82) is 0 Å². The van der Waals surface area contributed by atoms with E-state index in [0.717, 1.165) is 5.56 Å². The minimum Gasteiger partial charge on any atom is -0.453 e. The van der Waals surface area contributed by atoms with Crippen LogP contribution in [0.15, 0.2) is 39.5 Å². The molecule has 0 atom stereocenters. The van der Waals surface area contributed by atoms with Crippen LogP contribution in [-0.2, 0) is 0 Å². The molecule has 0 saturated heterocycles. The van der Waals surface area contributed by atoms with Gasteiger partial charge in [0, 0.05) is 5.56 Å². The topological polar surface area (TPSA) is 60.2 Å². The molecule has 2 heterocycles. The van der Waals surface area contributed by atoms with Crippen molar-refractivity contribution < 1.29 is 18.0 Å². The van der Waals surface area contributed by atoms with E-state index in [4.69, 9.17) is 4.42 Å². The van der Waals surface area contributed by atoms with Crippen LogP contribution in [0.4, 0.5) is 8.78 Å². The summed E-state index contributed by atoms with van der Waals surface area (Å²) in [6.07, 6.45) is -2.73. The van der Waals surface area contributed by atoms with E-state index in [2.05, 4.69) is 4.98 Å². The molecular weight excluding hydrogens is 328 g/mol. The monoisotopic (exact) mass is 343 g/mol. The van der Waals surface area contributed by atoms with E-state index in [1.54, 1.807) is 26.0 Å². The van der Waals surface area contributed by atoms with Gasteiger partial charge in [-0.05, 0) is 50.6 Å². The molecule has 0 amide bonds. The largest absolute Gasteiger partial charge is 0.453 e. The number of fused-ring (bicyclic) bond motifs is 1. The molecule has 0 saturated carbocycles. The Morgan fingerprint density at radius 3 is 2.56 bits per heavy atom. The third kappa shape index (κ3) is 2.95. The van der Waals surface area contributed by atoms with Crippen LogP contribution in [0.2, 0.25) is 0 Å². The molecule has 3 rings (SSSR count). The summed E-state index contributed by atoms with van der Waals surface area (Å²) in [6.45, 7) is 4.71. The van der Waals surface area contributed by atoms with Gasteiger partial charge in [-0.15, -0.1) is 0 Å². The van der Waals surface area contributed by atoms with E-state index in [9.17, 15) is 18.4 Å². The summed E-state index contributed by atoms with van der Waals surface area (Å²) in [5, 5.41) is 0.288. The number of aromatic nitrogens is 1. The number of hydrogen-bond acceptors (Lipinski definition) is 4. The van der Waals surface area contributed by atoms with Crippen LogP contribution in [-0.4, -0.2) is 10.8 Å². The normalized spacial score (nSPS) is 11.3. The number of aryl methyl sites for hydroxylation is 1. The molecule has 0 bridgehead atoms. The van der Waals surface area contributed by atoms with Crippen LogP contribution in [0.5, 0.6) is 0 Å². The van der Waals surface area contributed by atoms with E-state index in [1.165, 1.54) is 25.1 Å². The first kappa shape index (κ1) is 17.0. The van der Waals surface area contributed by atoms with Gasteiger partial charge in [-0.2, -0.15) is 0 Å². The molecule has 0 aliphatic rings. The lowest BCUT2D eigenvalue weighted by Gasteiger charge is -2.10. The molecule has 0 fully saturated rings. The van der Waals surface area contributed by atoms with Crippen molar-refractivity contribution in [1.82, 2.24) is 4.98 Å². The maximum absolute atomic E-state index is 12.9. The first-order valence-corrected chi connectivity index (χ1v) is 7.64. The molecule has 1 aromatic carbocycles. The number of carbonyl (C=O) groups excluding carboxylic acids is 1. The molecule has 3 aromatic rings. The molecule has 6 heteroatoms. The number of alkyl halides is 2. The highest BCUT2D eigenvalue weighted by Crippen LogP contribution is 2.28. The zero-order valence-corrected chi connectivity index (χ0v) is 13.9. The Balaban J connectivity index is 2.38. The maximum atomic E-state index is 12.9. The number of carbonyl (C=O) groups is 1. The van der Waals surface area contributed by atoms with Gasteiger partial charge in [0.1, 0.15) is 17.0 Å². The van der Waals surface area contributed by atoms with Gasteiger partial charge in [-0.25, -0.2) is 13.8 Å². The molecule has 128 valence electrons. The van der Waals surface area contributed by atoms with Crippen LogP contribution >= 0.6 is 0 Å². The number of ketones is 1. The van der Waals surface area contributed by atoms with Gasteiger partial charge in [-0.1, -0.05) is 6.07 Å². The fraction of sp³-hybridized carbons (Fsp3) is 0.211. The summed E-state index contributed by atoms with van der Waals surface area (Å²) < 4.78 is 31.6. The summed E-state index contributed by atoms with van der Waals surface area (Å²) >= 11 is 0. The second kappa shape index (κ2) is 6.20. The minimum atomic E-state index is -2.73. The quantitative estimate of drug-likeness (QED) is 0.652. The first-order valence-electron chi connectivity index (χ1n) is 7.64. The fourth-order valence-corrected chi connectivity index (χ4v) is 2.74. The van der Waals surface area contributed by atoms with E-state index < -0.39 is 12.1 Å². The highest BCUT2D eigenvalue weighted by molar-refractivity contribution is 6.05. The van der Waals surface area contributed by atoms with Crippen LogP contribution in [0.3, 0.4) is 0 Å². The zero-order chi connectivity index (χ0) is 18.3. The van der Waals surface area contributed by atoms with Gasteiger partial charge in [-0.3, -0.25) is 9.59 Å². The van der Waals surface area contributed by atoms with Crippen LogP contribution in [0.25, 0.3) is 22.4 Å². The summed E-state index contributed by atoms with van der Waals surface area (Å²) in [7, 11) is 0. The molecule has 4 nitrogen and oxygen atoms in total. The first-order chi connectivity index (χ1) is 11.8. The molecule has 2 aromatic heterocycles. The summed E-state index contributed by atoms with van der Waals surface area (Å²) in [6, 6.07) is 7.40. The smallest absolute Gasteiger partial charge is 0.280 e. The number of Topliss-reactive ketones (excluding diaryl/α,β-unsaturated/α-hetero) is 1. The lowest BCUT2D eigenvalue weighted by molar-refractivity contribution is 0.101. The predicted octanol–water partition coefficient (Wildman–Crippen LogP) is 4.61. The van der Waals surface area contributed by atoms with Crippen LogP contribution in [0.1, 0.15) is 40.5 Å². The Bertz CT molecular complexity index is 1050. The maximum Gasteiger partial charge on any atom is 0.280 e. The fourth-order valence-electron chi connectivity index (χ4n) is 2.74. The molecule has 0 aliphatic carbocycles. The van der Waals surface area contributed by atoms with Gasteiger partial charge >= 0.3 is 0 Å². The second-order valence-electron chi connectivity index (χ2n) is 5.88. The van der Waals surface area contributed by atoms with Crippen molar-refractivity contribution in [3.63, 3.8) is 0 Å². The van der Waals surface area contributed by atoms with Crippen LogP contribution < -0.4 is 5.43 Å². The molecule has 0 N–H and O–H groups in total. The number of halogens is 2. The Morgan fingerprint density at radius 1 is 1.20 bits per heavy atom. The van der Waals surface area contributed by atoms with Crippen molar-refractivity contribution in [3.05, 3.63) is 62.9 Å². The minimum absolute atomic E-state index is 0.0892. The van der Waals surface area contributed by atoms with E-state index in [0.29, 0.717) is 0 Å². The van der Waals surface area contributed by atoms with Gasteiger partial charge in [0.15, 0.2) is 17.0 Å². The number of pyridine rings is 1. The third-order valence-electron chi connectivity index (χ3n) is 3.97. The average Bonchev–Trinajstić information content (AvgIpc) is 2.57. The molecule has 0 aliphatic heterocycles. The summed E-state index contributed by atoms with van der Waals surface area (Å²) in [5.74, 6) is -0.160. The van der Waals surface area contributed by atoms with Gasteiger partial charge in [0.25, 0.3) is 6.43 Å². The number of hydrogen-bond donors (Lipinski definition) is 0. The molecule has 0 spiro atoms. The number of rotatable bonds is 3. The average molecular weight is 343 g/mol. The summed E-state index contributed by atoms with van der Waals surface area (Å²) in [4.78, 5) is 28.5. The van der Waals surface area contributed by atoms with Crippen molar-refractivity contribution in [2.45, 2.75) is 27.2 Å². The SMILES string of the molecule is CC(=O)c1cc(C)cc2c(=O)c(C)c(-c3cccc(C(F)F)n3)oc12. The molecular formula is C19H15F2NO3. The Morgan fingerprint density at radius 2 is 1.92 bits per heavy atom. The molecule has 0 unspecified atom stereocenters. The van der Waals surface area contributed by atoms with Gasteiger partial charge in [0.2, 0.25) is 0 Å². The Kier molecular flexibility index (Phi) is 4.20. The van der Waals surface area contributed by atoms with Gasteiger partial charge < -0.3 is 4.42 Å². The zero-order valence-electron chi connectivity index (χ0n) is 13.9. The van der Waals surface area contributed by atoms with Crippen molar-refractivity contribution in [2.24, 2.45) is 0 Å². The third-order valence-corrected chi connectivity index (χ3v) is 3.97. The van der Waals surface area contributed by atoms with Crippen molar-refractivity contribution in [2.75, 3.05) is 0 Å². The highest BCUT2D eigenvalue weighted by Gasteiger charge is 2.19. The Hall–Kier alpha value is -2.89. The standard InChI is InChI=1S/C19H15F2NO3/c1-9-7-12(11(3)23)18-13(8-9)16(24)10(2)17(25-18)14-5-4-6-15(22-14)19(20)21/h4-8,19H,1-3H3. The molecule has 25 heavy (non-hydrogen) atoms.